The Balaban J connectivity index is 2.32. The van der Waals surface area contributed by atoms with E-state index in [9.17, 15) is 4.79 Å². The van der Waals surface area contributed by atoms with Crippen molar-refractivity contribution in [3.8, 4) is 11.8 Å². The van der Waals surface area contributed by atoms with Gasteiger partial charge < -0.3 is 15.4 Å². The van der Waals surface area contributed by atoms with Crippen molar-refractivity contribution in [2.24, 2.45) is 5.73 Å². The Bertz CT molecular complexity index is 479. The SMILES string of the molecule is N#Cc1ccc2c(c1)OCC(=O)N2CCCN. The molecule has 1 heterocycles. The molecule has 0 radical (unpaired) electrons. The van der Waals surface area contributed by atoms with Gasteiger partial charge in [-0.3, -0.25) is 4.79 Å². The lowest BCUT2D eigenvalue weighted by molar-refractivity contribution is -0.121. The molecule has 1 amide bonds. The second kappa shape index (κ2) is 4.85. The Morgan fingerprint density at radius 3 is 3.06 bits per heavy atom. The first-order valence-corrected chi connectivity index (χ1v) is 5.43. The molecule has 0 unspecified atom stereocenters. The number of nitriles is 1. The molecule has 2 N–H and O–H groups in total. The Morgan fingerprint density at radius 2 is 2.35 bits per heavy atom. The van der Waals surface area contributed by atoms with Crippen LogP contribution in [0.15, 0.2) is 18.2 Å². The predicted molar refractivity (Wildman–Crippen MR) is 62.7 cm³/mol. The van der Waals surface area contributed by atoms with E-state index in [-0.39, 0.29) is 12.5 Å². The number of nitrogens with two attached hydrogens (primary N) is 1. The molecular formula is C12H13N3O2. The highest BCUT2D eigenvalue weighted by molar-refractivity contribution is 5.97. The molecule has 0 atom stereocenters. The molecule has 1 aliphatic rings. The number of benzene rings is 1. The molecule has 5 heteroatoms. The fourth-order valence-corrected chi connectivity index (χ4v) is 1.77. The molecule has 0 bridgehead atoms. The van der Waals surface area contributed by atoms with Gasteiger partial charge in [-0.05, 0) is 25.1 Å². The van der Waals surface area contributed by atoms with Crippen molar-refractivity contribution in [3.05, 3.63) is 23.8 Å². The number of anilines is 1. The zero-order valence-electron chi connectivity index (χ0n) is 9.35. The molecule has 1 aromatic carbocycles. The van der Waals surface area contributed by atoms with Gasteiger partial charge in [0.05, 0.1) is 17.3 Å². The minimum Gasteiger partial charge on any atom is -0.482 e. The molecule has 2 rings (SSSR count). The molecule has 17 heavy (non-hydrogen) atoms. The molecule has 0 fully saturated rings. The summed E-state index contributed by atoms with van der Waals surface area (Å²) in [6.07, 6.45) is 0.741. The van der Waals surface area contributed by atoms with Crippen LogP contribution >= 0.6 is 0 Å². The lowest BCUT2D eigenvalue weighted by atomic mass is 10.1. The van der Waals surface area contributed by atoms with Crippen LogP contribution in [0, 0.1) is 11.3 Å². The van der Waals surface area contributed by atoms with Crippen molar-refractivity contribution in [2.45, 2.75) is 6.42 Å². The van der Waals surface area contributed by atoms with E-state index in [4.69, 9.17) is 15.7 Å². The summed E-state index contributed by atoms with van der Waals surface area (Å²) in [7, 11) is 0. The molecule has 1 aromatic rings. The van der Waals surface area contributed by atoms with Crippen LogP contribution < -0.4 is 15.4 Å². The highest BCUT2D eigenvalue weighted by Gasteiger charge is 2.24. The normalized spacial score (nSPS) is 13.9. The minimum absolute atomic E-state index is 0.0203. The van der Waals surface area contributed by atoms with Gasteiger partial charge in [-0.1, -0.05) is 0 Å². The lowest BCUT2D eigenvalue weighted by Gasteiger charge is -2.29. The summed E-state index contributed by atoms with van der Waals surface area (Å²) in [5.41, 5.74) is 6.69. The summed E-state index contributed by atoms with van der Waals surface area (Å²) in [5.74, 6) is 0.510. The monoisotopic (exact) mass is 231 g/mol. The quantitative estimate of drug-likeness (QED) is 0.827. The fraction of sp³-hybridized carbons (Fsp3) is 0.333. The molecule has 0 saturated carbocycles. The van der Waals surface area contributed by atoms with Crippen LogP contribution in [-0.4, -0.2) is 25.6 Å². The number of nitrogens with zero attached hydrogens (tertiary/aromatic N) is 2. The number of hydrogen-bond acceptors (Lipinski definition) is 4. The number of carbonyl (C=O) groups is 1. The smallest absolute Gasteiger partial charge is 0.265 e. The molecule has 0 aliphatic carbocycles. The van der Waals surface area contributed by atoms with Crippen molar-refractivity contribution >= 4 is 11.6 Å². The Morgan fingerprint density at radius 1 is 1.53 bits per heavy atom. The number of carbonyl (C=O) groups excluding carboxylic acids is 1. The summed E-state index contributed by atoms with van der Waals surface area (Å²) in [5, 5.41) is 8.80. The number of rotatable bonds is 3. The van der Waals surface area contributed by atoms with Crippen LogP contribution in [0.25, 0.3) is 0 Å². The highest BCUT2D eigenvalue weighted by atomic mass is 16.5. The van der Waals surface area contributed by atoms with Gasteiger partial charge >= 0.3 is 0 Å². The van der Waals surface area contributed by atoms with Gasteiger partial charge in [-0.2, -0.15) is 5.26 Å². The van der Waals surface area contributed by atoms with Crippen molar-refractivity contribution in [2.75, 3.05) is 24.6 Å². The first-order valence-electron chi connectivity index (χ1n) is 5.43. The van der Waals surface area contributed by atoms with Gasteiger partial charge in [0, 0.05) is 12.6 Å². The minimum atomic E-state index is -0.0735. The van der Waals surface area contributed by atoms with E-state index < -0.39 is 0 Å². The van der Waals surface area contributed by atoms with Crippen LogP contribution in [-0.2, 0) is 4.79 Å². The largest absolute Gasteiger partial charge is 0.482 e. The van der Waals surface area contributed by atoms with E-state index in [1.165, 1.54) is 0 Å². The van der Waals surface area contributed by atoms with E-state index in [1.54, 1.807) is 23.1 Å². The van der Waals surface area contributed by atoms with Crippen molar-refractivity contribution in [3.63, 3.8) is 0 Å². The molecule has 0 saturated heterocycles. The molecular weight excluding hydrogens is 218 g/mol. The second-order valence-corrected chi connectivity index (χ2v) is 3.77. The topological polar surface area (TPSA) is 79.3 Å². The molecule has 5 nitrogen and oxygen atoms in total. The standard InChI is InChI=1S/C12H13N3O2/c13-4-1-5-15-10-3-2-9(7-14)6-11(10)17-8-12(15)16/h2-3,6H,1,4-5,8,13H2. The highest BCUT2D eigenvalue weighted by Crippen LogP contribution is 2.32. The van der Waals surface area contributed by atoms with Gasteiger partial charge in [0.2, 0.25) is 0 Å². The summed E-state index contributed by atoms with van der Waals surface area (Å²) >= 11 is 0. The zero-order valence-corrected chi connectivity index (χ0v) is 9.35. The van der Waals surface area contributed by atoms with E-state index in [0.717, 1.165) is 6.42 Å². The maximum atomic E-state index is 11.7. The number of amides is 1. The van der Waals surface area contributed by atoms with Crippen molar-refractivity contribution < 1.29 is 9.53 Å². The maximum absolute atomic E-state index is 11.7. The van der Waals surface area contributed by atoms with Gasteiger partial charge in [-0.15, -0.1) is 0 Å². The summed E-state index contributed by atoms with van der Waals surface area (Å²) < 4.78 is 5.31. The predicted octanol–water partition coefficient (Wildman–Crippen LogP) is 0.632. The first kappa shape index (κ1) is 11.4. The van der Waals surface area contributed by atoms with Crippen LogP contribution in [0.3, 0.4) is 0 Å². The van der Waals surface area contributed by atoms with Gasteiger partial charge in [0.1, 0.15) is 5.75 Å². The zero-order chi connectivity index (χ0) is 12.3. The molecule has 88 valence electrons. The van der Waals surface area contributed by atoms with E-state index in [1.807, 2.05) is 6.07 Å². The third-order valence-electron chi connectivity index (χ3n) is 2.62. The molecule has 0 spiro atoms. The average Bonchev–Trinajstić information content (AvgIpc) is 2.37. The van der Waals surface area contributed by atoms with E-state index in [0.29, 0.717) is 30.1 Å². The van der Waals surface area contributed by atoms with Gasteiger partial charge in [-0.25, -0.2) is 0 Å². The third-order valence-corrected chi connectivity index (χ3v) is 2.62. The van der Waals surface area contributed by atoms with Gasteiger partial charge in [0.25, 0.3) is 5.91 Å². The van der Waals surface area contributed by atoms with E-state index >= 15 is 0 Å². The fourth-order valence-electron chi connectivity index (χ4n) is 1.77. The number of ether oxygens (including phenoxy) is 1. The van der Waals surface area contributed by atoms with Crippen LogP contribution in [0.4, 0.5) is 5.69 Å². The Kier molecular flexibility index (Phi) is 3.26. The first-order chi connectivity index (χ1) is 8.26. The Hall–Kier alpha value is -2.06. The number of hydrogen-bond donors (Lipinski definition) is 1. The summed E-state index contributed by atoms with van der Waals surface area (Å²) in [6, 6.07) is 7.11. The van der Waals surface area contributed by atoms with Crippen LogP contribution in [0.1, 0.15) is 12.0 Å². The van der Waals surface area contributed by atoms with Crippen molar-refractivity contribution in [1.82, 2.24) is 0 Å². The van der Waals surface area contributed by atoms with Crippen LogP contribution in [0.2, 0.25) is 0 Å². The van der Waals surface area contributed by atoms with Crippen LogP contribution in [0.5, 0.6) is 5.75 Å². The molecule has 1 aliphatic heterocycles. The molecule has 0 aromatic heterocycles. The van der Waals surface area contributed by atoms with Crippen molar-refractivity contribution in [1.29, 1.82) is 5.26 Å². The summed E-state index contributed by atoms with van der Waals surface area (Å²) in [4.78, 5) is 13.4. The number of fused-ring (bicyclic) bond motifs is 1. The Labute approximate surface area is 99.4 Å². The average molecular weight is 231 g/mol. The third kappa shape index (κ3) is 2.22. The second-order valence-electron chi connectivity index (χ2n) is 3.77. The maximum Gasteiger partial charge on any atom is 0.265 e. The summed E-state index contributed by atoms with van der Waals surface area (Å²) in [6.45, 7) is 1.14. The van der Waals surface area contributed by atoms with Gasteiger partial charge in [0.15, 0.2) is 6.61 Å². The lowest BCUT2D eigenvalue weighted by Crippen LogP contribution is -2.40. The van der Waals surface area contributed by atoms with E-state index in [2.05, 4.69) is 0 Å².